The van der Waals surface area contributed by atoms with E-state index >= 15 is 0 Å². The van der Waals surface area contributed by atoms with Crippen LogP contribution in [0.1, 0.15) is 30.0 Å². The molecule has 1 aromatic carbocycles. The fraction of sp³-hybridized carbons (Fsp3) is 0.357. The molecule has 0 amide bonds. The lowest BCUT2D eigenvalue weighted by atomic mass is 9.87. The zero-order valence-electron chi connectivity index (χ0n) is 11.7. The topological polar surface area (TPSA) is 96.2 Å². The number of anilines is 1. The number of hydrogen-bond donors (Lipinski definition) is 1. The predicted octanol–water partition coefficient (Wildman–Crippen LogP) is 2.31. The van der Waals surface area contributed by atoms with Crippen molar-refractivity contribution in [2.45, 2.75) is 25.3 Å². The first-order chi connectivity index (χ1) is 10.1. The van der Waals surface area contributed by atoms with E-state index in [1.54, 1.807) is 11.8 Å². The van der Waals surface area contributed by atoms with E-state index in [0.29, 0.717) is 0 Å². The smallest absolute Gasteiger partial charge is 0.330 e. The minimum absolute atomic E-state index is 0.0617. The molecule has 2 N–H and O–H groups in total. The summed E-state index contributed by atoms with van der Waals surface area (Å²) >= 11 is 0. The van der Waals surface area contributed by atoms with Gasteiger partial charge in [0.2, 0.25) is 5.82 Å². The highest BCUT2D eigenvalue weighted by Crippen LogP contribution is 2.37. The molecule has 7 nitrogen and oxygen atoms in total. The molecule has 1 aromatic heterocycles. The molecule has 0 fully saturated rings. The highest BCUT2D eigenvalue weighted by molar-refractivity contribution is 5.52. The number of nitro groups is 1. The highest BCUT2D eigenvalue weighted by atomic mass is 16.6. The number of fused-ring (bicyclic) bond motifs is 1. The first-order valence-corrected chi connectivity index (χ1v) is 6.76. The summed E-state index contributed by atoms with van der Waals surface area (Å²) in [5.41, 5.74) is 8.03. The van der Waals surface area contributed by atoms with Gasteiger partial charge in [0, 0.05) is 0 Å². The van der Waals surface area contributed by atoms with Crippen molar-refractivity contribution in [1.82, 2.24) is 9.78 Å². The number of methoxy groups -OCH3 is 1. The van der Waals surface area contributed by atoms with Crippen LogP contribution in [0.25, 0.3) is 0 Å². The number of hydrogen-bond acceptors (Lipinski definition) is 5. The highest BCUT2D eigenvalue weighted by Gasteiger charge is 2.27. The Morgan fingerprint density at radius 3 is 3.00 bits per heavy atom. The molecule has 3 rings (SSSR count). The van der Waals surface area contributed by atoms with Crippen LogP contribution < -0.4 is 10.5 Å². The van der Waals surface area contributed by atoms with Crippen molar-refractivity contribution >= 4 is 11.5 Å². The van der Waals surface area contributed by atoms with E-state index in [4.69, 9.17) is 10.5 Å². The summed E-state index contributed by atoms with van der Waals surface area (Å²) < 4.78 is 6.80. The third-order valence-electron chi connectivity index (χ3n) is 3.94. The van der Waals surface area contributed by atoms with Crippen molar-refractivity contribution in [1.29, 1.82) is 0 Å². The number of aromatic nitrogens is 2. The van der Waals surface area contributed by atoms with Crippen molar-refractivity contribution in [2.24, 2.45) is 0 Å². The molecule has 2 aromatic rings. The molecule has 0 saturated carbocycles. The summed E-state index contributed by atoms with van der Waals surface area (Å²) in [7, 11) is 1.64. The zero-order valence-corrected chi connectivity index (χ0v) is 11.7. The van der Waals surface area contributed by atoms with Gasteiger partial charge < -0.3 is 10.5 Å². The van der Waals surface area contributed by atoms with Gasteiger partial charge in [-0.2, -0.15) is 5.10 Å². The van der Waals surface area contributed by atoms with Crippen LogP contribution in [-0.4, -0.2) is 21.8 Å². The van der Waals surface area contributed by atoms with Crippen LogP contribution in [0.5, 0.6) is 5.75 Å². The molecule has 110 valence electrons. The molecule has 0 bridgehead atoms. The van der Waals surface area contributed by atoms with E-state index in [2.05, 4.69) is 5.10 Å². The van der Waals surface area contributed by atoms with Gasteiger partial charge >= 0.3 is 5.69 Å². The normalized spacial score (nSPS) is 17.3. The van der Waals surface area contributed by atoms with Crippen molar-refractivity contribution in [2.75, 3.05) is 12.8 Å². The quantitative estimate of drug-likeness (QED) is 0.690. The molecular weight excluding hydrogens is 272 g/mol. The SMILES string of the molecule is COc1ccc2c(c1)CCCC2n1ncc([N+](=O)[O-])c1N. The number of rotatable bonds is 3. The molecular formula is C14H16N4O3. The Hall–Kier alpha value is -2.57. The van der Waals surface area contributed by atoms with Crippen molar-refractivity contribution in [3.8, 4) is 5.75 Å². The summed E-state index contributed by atoms with van der Waals surface area (Å²) in [6.45, 7) is 0. The van der Waals surface area contributed by atoms with E-state index in [0.717, 1.165) is 30.6 Å². The monoisotopic (exact) mass is 288 g/mol. The second kappa shape index (κ2) is 5.08. The van der Waals surface area contributed by atoms with Crippen LogP contribution in [0.2, 0.25) is 0 Å². The Balaban J connectivity index is 2.04. The number of nitrogens with zero attached hydrogens (tertiary/aromatic N) is 3. The Morgan fingerprint density at radius 2 is 2.33 bits per heavy atom. The lowest BCUT2D eigenvalue weighted by molar-refractivity contribution is -0.384. The predicted molar refractivity (Wildman–Crippen MR) is 77.4 cm³/mol. The maximum atomic E-state index is 10.9. The van der Waals surface area contributed by atoms with Crippen LogP contribution in [0.15, 0.2) is 24.4 Å². The summed E-state index contributed by atoms with van der Waals surface area (Å²) in [5.74, 6) is 0.919. The lowest BCUT2D eigenvalue weighted by Crippen LogP contribution is -2.20. The standard InChI is InChI=1S/C14H16N4O3/c1-21-10-5-6-11-9(7-10)3-2-4-12(11)17-14(15)13(8-16-17)18(19)20/h5-8,12H,2-4,15H2,1H3. The first-order valence-electron chi connectivity index (χ1n) is 6.76. The zero-order chi connectivity index (χ0) is 15.0. The average molecular weight is 288 g/mol. The Labute approximate surface area is 121 Å². The van der Waals surface area contributed by atoms with Crippen LogP contribution >= 0.6 is 0 Å². The summed E-state index contributed by atoms with van der Waals surface area (Å²) in [6.07, 6.45) is 4.03. The second-order valence-electron chi connectivity index (χ2n) is 5.09. The molecule has 21 heavy (non-hydrogen) atoms. The Kier molecular flexibility index (Phi) is 3.25. The van der Waals surface area contributed by atoms with Gasteiger partial charge in [0.05, 0.1) is 18.1 Å². The maximum absolute atomic E-state index is 10.9. The molecule has 1 aliphatic rings. The van der Waals surface area contributed by atoms with Crippen LogP contribution in [-0.2, 0) is 6.42 Å². The fourth-order valence-corrected chi connectivity index (χ4v) is 2.90. The van der Waals surface area contributed by atoms with Crippen LogP contribution in [0.4, 0.5) is 11.5 Å². The van der Waals surface area contributed by atoms with Crippen LogP contribution in [0, 0.1) is 10.1 Å². The number of aryl methyl sites for hydroxylation is 1. The van der Waals surface area contributed by atoms with E-state index in [1.807, 2.05) is 18.2 Å². The fourth-order valence-electron chi connectivity index (χ4n) is 2.90. The van der Waals surface area contributed by atoms with Gasteiger partial charge in [-0.05, 0) is 42.5 Å². The third-order valence-corrected chi connectivity index (χ3v) is 3.94. The van der Waals surface area contributed by atoms with E-state index in [-0.39, 0.29) is 17.5 Å². The molecule has 0 aliphatic heterocycles. The maximum Gasteiger partial charge on any atom is 0.330 e. The molecule has 1 heterocycles. The van der Waals surface area contributed by atoms with E-state index in [1.165, 1.54) is 11.8 Å². The lowest BCUT2D eigenvalue weighted by Gasteiger charge is -2.26. The van der Waals surface area contributed by atoms with Gasteiger partial charge in [-0.1, -0.05) is 6.07 Å². The number of nitrogens with two attached hydrogens (primary N) is 1. The van der Waals surface area contributed by atoms with Crippen molar-refractivity contribution < 1.29 is 9.66 Å². The van der Waals surface area contributed by atoms with Gasteiger partial charge in [0.25, 0.3) is 0 Å². The van der Waals surface area contributed by atoms with E-state index in [9.17, 15) is 10.1 Å². The molecule has 7 heteroatoms. The minimum atomic E-state index is -0.503. The van der Waals surface area contributed by atoms with Crippen molar-refractivity contribution in [3.05, 3.63) is 45.6 Å². The second-order valence-corrected chi connectivity index (χ2v) is 5.09. The molecule has 0 saturated heterocycles. The summed E-state index contributed by atoms with van der Waals surface area (Å²) in [6, 6.07) is 5.83. The van der Waals surface area contributed by atoms with Gasteiger partial charge in [-0.3, -0.25) is 10.1 Å². The molecule has 1 atom stereocenters. The average Bonchev–Trinajstić information content (AvgIpc) is 2.87. The van der Waals surface area contributed by atoms with E-state index < -0.39 is 4.92 Å². The van der Waals surface area contributed by atoms with Gasteiger partial charge in [-0.15, -0.1) is 0 Å². The molecule has 0 radical (unpaired) electrons. The van der Waals surface area contributed by atoms with Gasteiger partial charge in [0.15, 0.2) is 0 Å². The molecule has 1 aliphatic carbocycles. The molecule has 1 unspecified atom stereocenters. The Bertz CT molecular complexity index is 696. The number of benzene rings is 1. The Morgan fingerprint density at radius 1 is 1.52 bits per heavy atom. The van der Waals surface area contributed by atoms with Gasteiger partial charge in [-0.25, -0.2) is 4.68 Å². The summed E-state index contributed by atoms with van der Waals surface area (Å²) in [5, 5.41) is 15.0. The molecule has 0 spiro atoms. The number of nitrogen functional groups attached to an aromatic ring is 1. The minimum Gasteiger partial charge on any atom is -0.497 e. The largest absolute Gasteiger partial charge is 0.497 e. The third kappa shape index (κ3) is 2.20. The van der Waals surface area contributed by atoms with Crippen molar-refractivity contribution in [3.63, 3.8) is 0 Å². The summed E-state index contributed by atoms with van der Waals surface area (Å²) in [4.78, 5) is 10.4. The van der Waals surface area contributed by atoms with Gasteiger partial charge in [0.1, 0.15) is 11.9 Å². The number of ether oxygens (including phenoxy) is 1. The first kappa shape index (κ1) is 13.4. The van der Waals surface area contributed by atoms with Crippen LogP contribution in [0.3, 0.4) is 0 Å².